The van der Waals surface area contributed by atoms with Crippen LogP contribution < -0.4 is 5.32 Å². The molecular formula is C11H17NO7. The Morgan fingerprint density at radius 1 is 1.11 bits per heavy atom. The quantitative estimate of drug-likeness (QED) is 0.495. The molecule has 1 unspecified atom stereocenters. The standard InChI is InChI=1S/C11H17NO7/c1-2-19-10(16)6-4-8(13)12-7(11(17)18)3-5-9(14)15/h7H,2-6H2,1H3,(H,12,13)(H,14,15)(H,17,18). The lowest BCUT2D eigenvalue weighted by Gasteiger charge is -2.13. The molecule has 0 heterocycles. The van der Waals surface area contributed by atoms with Crippen molar-refractivity contribution in [3.05, 3.63) is 0 Å². The predicted octanol–water partition coefficient (Wildman–Crippen LogP) is -0.236. The molecule has 0 aliphatic heterocycles. The SMILES string of the molecule is CCOC(=O)CCC(=O)NC(CCC(=O)O)C(=O)O. The number of amides is 1. The van der Waals surface area contributed by atoms with E-state index in [0.717, 1.165) is 0 Å². The number of ether oxygens (including phenoxy) is 1. The largest absolute Gasteiger partial charge is 0.481 e. The molecule has 1 atom stereocenters. The van der Waals surface area contributed by atoms with Gasteiger partial charge in [-0.3, -0.25) is 14.4 Å². The van der Waals surface area contributed by atoms with Crippen molar-refractivity contribution in [2.24, 2.45) is 0 Å². The minimum atomic E-state index is -1.31. The van der Waals surface area contributed by atoms with E-state index in [9.17, 15) is 19.2 Å². The van der Waals surface area contributed by atoms with E-state index in [1.54, 1.807) is 6.92 Å². The predicted molar refractivity (Wildman–Crippen MR) is 62.3 cm³/mol. The summed E-state index contributed by atoms with van der Waals surface area (Å²) < 4.78 is 4.61. The van der Waals surface area contributed by atoms with Crippen molar-refractivity contribution < 1.29 is 34.1 Å². The van der Waals surface area contributed by atoms with Gasteiger partial charge >= 0.3 is 17.9 Å². The molecule has 8 heteroatoms. The lowest BCUT2D eigenvalue weighted by atomic mass is 10.1. The third-order valence-corrected chi connectivity index (χ3v) is 2.14. The van der Waals surface area contributed by atoms with Gasteiger partial charge in [0.1, 0.15) is 6.04 Å². The molecule has 0 aromatic heterocycles. The lowest BCUT2D eigenvalue weighted by molar-refractivity contribution is -0.145. The molecule has 0 aliphatic carbocycles. The fourth-order valence-electron chi connectivity index (χ4n) is 1.24. The first kappa shape index (κ1) is 16.9. The van der Waals surface area contributed by atoms with E-state index in [1.165, 1.54) is 0 Å². The first-order valence-electron chi connectivity index (χ1n) is 5.76. The maximum Gasteiger partial charge on any atom is 0.326 e. The number of hydrogen-bond donors (Lipinski definition) is 3. The molecule has 108 valence electrons. The second-order valence-electron chi connectivity index (χ2n) is 3.70. The van der Waals surface area contributed by atoms with E-state index in [1.807, 2.05) is 0 Å². The lowest BCUT2D eigenvalue weighted by Crippen LogP contribution is -2.41. The van der Waals surface area contributed by atoms with Gasteiger partial charge in [0.2, 0.25) is 5.91 Å². The number of esters is 1. The Morgan fingerprint density at radius 3 is 2.21 bits per heavy atom. The van der Waals surface area contributed by atoms with Gasteiger partial charge in [-0.2, -0.15) is 0 Å². The topological polar surface area (TPSA) is 130 Å². The van der Waals surface area contributed by atoms with Gasteiger partial charge in [0.05, 0.1) is 13.0 Å². The second kappa shape index (κ2) is 8.90. The number of carbonyl (C=O) groups excluding carboxylic acids is 2. The first-order chi connectivity index (χ1) is 8.86. The highest BCUT2D eigenvalue weighted by Gasteiger charge is 2.21. The molecule has 0 fully saturated rings. The zero-order valence-corrected chi connectivity index (χ0v) is 10.5. The second-order valence-corrected chi connectivity index (χ2v) is 3.70. The van der Waals surface area contributed by atoms with Crippen molar-refractivity contribution in [2.75, 3.05) is 6.61 Å². The summed E-state index contributed by atoms with van der Waals surface area (Å²) in [6, 6.07) is -1.27. The summed E-state index contributed by atoms with van der Waals surface area (Å²) in [5.41, 5.74) is 0. The smallest absolute Gasteiger partial charge is 0.326 e. The van der Waals surface area contributed by atoms with E-state index >= 15 is 0 Å². The fraction of sp³-hybridized carbons (Fsp3) is 0.636. The maximum absolute atomic E-state index is 11.4. The van der Waals surface area contributed by atoms with Gasteiger partial charge in [-0.1, -0.05) is 0 Å². The average molecular weight is 275 g/mol. The average Bonchev–Trinajstić information content (AvgIpc) is 2.31. The van der Waals surface area contributed by atoms with Crippen LogP contribution in [0.4, 0.5) is 0 Å². The number of nitrogens with one attached hydrogen (secondary N) is 1. The van der Waals surface area contributed by atoms with Crippen LogP contribution in [0.25, 0.3) is 0 Å². The van der Waals surface area contributed by atoms with Crippen molar-refractivity contribution in [2.45, 2.75) is 38.6 Å². The third-order valence-electron chi connectivity index (χ3n) is 2.14. The van der Waals surface area contributed by atoms with Crippen molar-refractivity contribution in [3.8, 4) is 0 Å². The molecule has 3 N–H and O–H groups in total. The maximum atomic E-state index is 11.4. The summed E-state index contributed by atoms with van der Waals surface area (Å²) in [4.78, 5) is 43.5. The Labute approximate surface area is 109 Å². The van der Waals surface area contributed by atoms with Crippen molar-refractivity contribution >= 4 is 23.8 Å². The minimum absolute atomic E-state index is 0.148. The summed E-state index contributed by atoms with van der Waals surface area (Å²) in [5.74, 6) is -3.64. The van der Waals surface area contributed by atoms with E-state index in [4.69, 9.17) is 10.2 Å². The highest BCUT2D eigenvalue weighted by Crippen LogP contribution is 2.00. The summed E-state index contributed by atoms with van der Waals surface area (Å²) in [6.07, 6.45) is -0.925. The van der Waals surface area contributed by atoms with Gasteiger partial charge in [0, 0.05) is 12.8 Å². The van der Waals surface area contributed by atoms with Gasteiger partial charge in [-0.25, -0.2) is 4.79 Å². The number of rotatable bonds is 9. The molecule has 19 heavy (non-hydrogen) atoms. The highest BCUT2D eigenvalue weighted by atomic mass is 16.5. The molecule has 0 aromatic carbocycles. The van der Waals surface area contributed by atoms with Gasteiger partial charge < -0.3 is 20.3 Å². The van der Waals surface area contributed by atoms with Crippen molar-refractivity contribution in [1.82, 2.24) is 5.32 Å². The molecule has 0 aromatic rings. The van der Waals surface area contributed by atoms with E-state index in [0.29, 0.717) is 0 Å². The van der Waals surface area contributed by atoms with Crippen LogP contribution in [-0.4, -0.2) is 46.7 Å². The Morgan fingerprint density at radius 2 is 1.74 bits per heavy atom. The normalized spacial score (nSPS) is 11.4. The molecule has 0 rings (SSSR count). The zero-order valence-electron chi connectivity index (χ0n) is 10.5. The summed E-state index contributed by atoms with van der Waals surface area (Å²) in [7, 11) is 0. The molecule has 0 saturated heterocycles. The van der Waals surface area contributed by atoms with Gasteiger partial charge in [-0.15, -0.1) is 0 Å². The van der Waals surface area contributed by atoms with Crippen LogP contribution in [0.2, 0.25) is 0 Å². The van der Waals surface area contributed by atoms with Gasteiger partial charge in [-0.05, 0) is 13.3 Å². The number of carboxylic acids is 2. The molecule has 0 bridgehead atoms. The van der Waals surface area contributed by atoms with Crippen LogP contribution in [-0.2, 0) is 23.9 Å². The molecule has 0 aliphatic rings. The van der Waals surface area contributed by atoms with Crippen LogP contribution in [0.1, 0.15) is 32.6 Å². The first-order valence-corrected chi connectivity index (χ1v) is 5.76. The van der Waals surface area contributed by atoms with Crippen LogP contribution in [0.3, 0.4) is 0 Å². The van der Waals surface area contributed by atoms with Crippen molar-refractivity contribution in [3.63, 3.8) is 0 Å². The van der Waals surface area contributed by atoms with Crippen LogP contribution in [0.5, 0.6) is 0 Å². The summed E-state index contributed by atoms with van der Waals surface area (Å²) in [6.45, 7) is 1.83. The van der Waals surface area contributed by atoms with Gasteiger partial charge in [0.15, 0.2) is 0 Å². The van der Waals surface area contributed by atoms with E-state index in [2.05, 4.69) is 10.1 Å². The third kappa shape index (κ3) is 8.58. The fourth-order valence-corrected chi connectivity index (χ4v) is 1.24. The molecule has 0 spiro atoms. The zero-order chi connectivity index (χ0) is 14.8. The van der Waals surface area contributed by atoms with Crippen LogP contribution in [0.15, 0.2) is 0 Å². The van der Waals surface area contributed by atoms with Crippen LogP contribution >= 0.6 is 0 Å². The van der Waals surface area contributed by atoms with Crippen LogP contribution in [0, 0.1) is 0 Å². The van der Waals surface area contributed by atoms with Gasteiger partial charge in [0.25, 0.3) is 0 Å². The van der Waals surface area contributed by atoms with E-state index in [-0.39, 0.29) is 32.3 Å². The molecule has 0 radical (unpaired) electrons. The van der Waals surface area contributed by atoms with E-state index < -0.39 is 29.9 Å². The summed E-state index contributed by atoms with van der Waals surface area (Å²) in [5, 5.41) is 19.4. The Hall–Kier alpha value is -2.12. The molecule has 1 amide bonds. The summed E-state index contributed by atoms with van der Waals surface area (Å²) >= 11 is 0. The van der Waals surface area contributed by atoms with Crippen molar-refractivity contribution in [1.29, 1.82) is 0 Å². The Bertz CT molecular complexity index is 353. The molecular weight excluding hydrogens is 258 g/mol. The number of carbonyl (C=O) groups is 4. The number of carboxylic acid groups (broad SMARTS) is 2. The Balaban J connectivity index is 4.13. The molecule has 0 saturated carbocycles. The Kier molecular flexibility index (Phi) is 7.90. The number of hydrogen-bond acceptors (Lipinski definition) is 5. The number of aliphatic carboxylic acids is 2. The minimum Gasteiger partial charge on any atom is -0.481 e. The highest BCUT2D eigenvalue weighted by molar-refractivity contribution is 5.86. The molecule has 8 nitrogen and oxygen atoms in total. The monoisotopic (exact) mass is 275 g/mol.